The molecular weight excluding hydrogens is 252 g/mol. The number of benzene rings is 2. The molecule has 20 heavy (non-hydrogen) atoms. The number of ether oxygens (including phenoxy) is 2. The first-order chi connectivity index (χ1) is 9.78. The molecule has 0 aliphatic carbocycles. The smallest absolute Gasteiger partial charge is 0.142 e. The van der Waals surface area contributed by atoms with Gasteiger partial charge in [-0.1, -0.05) is 12.1 Å². The third-order valence-electron chi connectivity index (χ3n) is 3.40. The van der Waals surface area contributed by atoms with Crippen molar-refractivity contribution in [2.24, 2.45) is 0 Å². The van der Waals surface area contributed by atoms with Gasteiger partial charge in [-0.05, 0) is 24.6 Å². The minimum absolute atomic E-state index is 0.696. The Kier molecular flexibility index (Phi) is 3.37. The highest BCUT2D eigenvalue weighted by Crippen LogP contribution is 2.37. The van der Waals surface area contributed by atoms with Gasteiger partial charge in [-0.2, -0.15) is 0 Å². The number of fused-ring (bicyclic) bond motifs is 1. The van der Waals surface area contributed by atoms with Crippen LogP contribution in [0.4, 0.5) is 17.1 Å². The molecule has 0 unspecified atom stereocenters. The Labute approximate surface area is 118 Å². The van der Waals surface area contributed by atoms with Crippen LogP contribution >= 0.6 is 0 Å². The van der Waals surface area contributed by atoms with Crippen LogP contribution in [0.2, 0.25) is 0 Å². The molecular formula is C16H18N2O2. The van der Waals surface area contributed by atoms with Crippen LogP contribution in [0.5, 0.6) is 11.5 Å². The van der Waals surface area contributed by atoms with E-state index in [1.807, 2.05) is 36.4 Å². The molecule has 0 bridgehead atoms. The number of rotatable bonds is 2. The Morgan fingerprint density at radius 3 is 2.90 bits per heavy atom. The fourth-order valence-corrected chi connectivity index (χ4v) is 2.48. The lowest BCUT2D eigenvalue weighted by molar-refractivity contribution is 0.322. The number of nitrogen functional groups attached to an aromatic ring is 1. The molecule has 0 saturated heterocycles. The molecule has 104 valence electrons. The van der Waals surface area contributed by atoms with Gasteiger partial charge in [-0.25, -0.2) is 0 Å². The summed E-state index contributed by atoms with van der Waals surface area (Å²) >= 11 is 0. The average molecular weight is 270 g/mol. The summed E-state index contributed by atoms with van der Waals surface area (Å²) in [5.74, 6) is 1.68. The Morgan fingerprint density at radius 1 is 1.20 bits per heavy atom. The third kappa shape index (κ3) is 2.37. The lowest BCUT2D eigenvalue weighted by Crippen LogP contribution is -2.17. The van der Waals surface area contributed by atoms with E-state index in [9.17, 15) is 0 Å². The summed E-state index contributed by atoms with van der Waals surface area (Å²) < 4.78 is 11.1. The maximum atomic E-state index is 5.96. The topological polar surface area (TPSA) is 47.7 Å². The van der Waals surface area contributed by atoms with Gasteiger partial charge in [-0.3, -0.25) is 0 Å². The van der Waals surface area contributed by atoms with Gasteiger partial charge in [0.05, 0.1) is 19.4 Å². The molecule has 0 aromatic heterocycles. The van der Waals surface area contributed by atoms with Crippen LogP contribution in [-0.2, 0) is 0 Å². The Bertz CT molecular complexity index is 613. The molecule has 2 aromatic carbocycles. The van der Waals surface area contributed by atoms with Gasteiger partial charge in [-0.15, -0.1) is 0 Å². The van der Waals surface area contributed by atoms with E-state index in [1.54, 1.807) is 7.11 Å². The first-order valence-corrected chi connectivity index (χ1v) is 6.72. The summed E-state index contributed by atoms with van der Waals surface area (Å²) in [4.78, 5) is 2.22. The van der Waals surface area contributed by atoms with E-state index < -0.39 is 0 Å². The second-order valence-electron chi connectivity index (χ2n) is 4.79. The van der Waals surface area contributed by atoms with Crippen molar-refractivity contribution in [3.05, 3.63) is 42.5 Å². The van der Waals surface area contributed by atoms with Crippen molar-refractivity contribution in [3.8, 4) is 11.5 Å². The van der Waals surface area contributed by atoms with Gasteiger partial charge in [0.25, 0.3) is 0 Å². The Morgan fingerprint density at radius 2 is 2.05 bits per heavy atom. The number of hydrogen-bond donors (Lipinski definition) is 1. The van der Waals surface area contributed by atoms with Crippen LogP contribution in [0.1, 0.15) is 6.42 Å². The van der Waals surface area contributed by atoms with E-state index in [4.69, 9.17) is 15.2 Å². The van der Waals surface area contributed by atoms with E-state index in [1.165, 1.54) is 0 Å². The fraction of sp³-hybridized carbons (Fsp3) is 0.250. The molecule has 0 amide bonds. The van der Waals surface area contributed by atoms with Crippen LogP contribution in [-0.4, -0.2) is 20.3 Å². The predicted octanol–water partition coefficient (Wildman–Crippen LogP) is 3.20. The van der Waals surface area contributed by atoms with Crippen molar-refractivity contribution in [2.45, 2.75) is 6.42 Å². The largest absolute Gasteiger partial charge is 0.497 e. The number of nitrogens with zero attached hydrogens (tertiary/aromatic N) is 1. The molecule has 0 radical (unpaired) electrons. The molecule has 0 spiro atoms. The molecule has 4 nitrogen and oxygen atoms in total. The molecule has 1 heterocycles. The predicted molar refractivity (Wildman–Crippen MR) is 81.0 cm³/mol. The van der Waals surface area contributed by atoms with E-state index in [-0.39, 0.29) is 0 Å². The minimum Gasteiger partial charge on any atom is -0.497 e. The van der Waals surface area contributed by atoms with E-state index >= 15 is 0 Å². The summed E-state index contributed by atoms with van der Waals surface area (Å²) in [5.41, 5.74) is 8.75. The Balaban J connectivity index is 2.07. The van der Waals surface area contributed by atoms with Gasteiger partial charge in [0.1, 0.15) is 11.5 Å². The Hall–Kier alpha value is -2.36. The van der Waals surface area contributed by atoms with Crippen molar-refractivity contribution in [1.29, 1.82) is 0 Å². The van der Waals surface area contributed by atoms with Crippen LogP contribution in [0.25, 0.3) is 0 Å². The zero-order chi connectivity index (χ0) is 13.9. The molecule has 2 N–H and O–H groups in total. The summed E-state index contributed by atoms with van der Waals surface area (Å²) in [6, 6.07) is 13.9. The fourth-order valence-electron chi connectivity index (χ4n) is 2.48. The highest BCUT2D eigenvalue weighted by molar-refractivity contribution is 5.73. The van der Waals surface area contributed by atoms with Gasteiger partial charge < -0.3 is 20.1 Å². The minimum atomic E-state index is 0.696. The lowest BCUT2D eigenvalue weighted by atomic mass is 10.2. The van der Waals surface area contributed by atoms with Gasteiger partial charge in [0, 0.05) is 30.1 Å². The van der Waals surface area contributed by atoms with Crippen molar-refractivity contribution in [1.82, 2.24) is 0 Å². The summed E-state index contributed by atoms with van der Waals surface area (Å²) in [6.07, 6.45) is 0.964. The molecule has 2 aromatic rings. The second kappa shape index (κ2) is 5.33. The van der Waals surface area contributed by atoms with Gasteiger partial charge in [0.15, 0.2) is 0 Å². The van der Waals surface area contributed by atoms with Gasteiger partial charge in [0.2, 0.25) is 0 Å². The maximum absolute atomic E-state index is 5.96. The van der Waals surface area contributed by atoms with Crippen LogP contribution < -0.4 is 20.1 Å². The highest BCUT2D eigenvalue weighted by Gasteiger charge is 2.18. The molecule has 0 saturated carbocycles. The maximum Gasteiger partial charge on any atom is 0.142 e. The number of para-hydroxylation sites is 2. The molecule has 0 fully saturated rings. The molecule has 1 aliphatic rings. The molecule has 4 heteroatoms. The molecule has 1 aliphatic heterocycles. The van der Waals surface area contributed by atoms with Crippen LogP contribution in [0, 0.1) is 0 Å². The highest BCUT2D eigenvalue weighted by atomic mass is 16.5. The monoisotopic (exact) mass is 270 g/mol. The summed E-state index contributed by atoms with van der Waals surface area (Å²) in [6.45, 7) is 1.62. The van der Waals surface area contributed by atoms with Crippen molar-refractivity contribution in [2.75, 3.05) is 30.9 Å². The summed E-state index contributed by atoms with van der Waals surface area (Å²) in [5, 5.41) is 0. The standard InChI is InChI=1S/C16H18N2O2/c1-19-14-10-12(17)9-13(11-14)18-7-4-8-20-16-6-3-2-5-15(16)18/h2-3,5-6,9-11H,4,7-8,17H2,1H3. The van der Waals surface area contributed by atoms with E-state index in [2.05, 4.69) is 11.0 Å². The van der Waals surface area contributed by atoms with Crippen molar-refractivity contribution < 1.29 is 9.47 Å². The summed E-state index contributed by atoms with van der Waals surface area (Å²) in [7, 11) is 1.65. The zero-order valence-corrected chi connectivity index (χ0v) is 11.5. The number of methoxy groups -OCH3 is 1. The zero-order valence-electron chi connectivity index (χ0n) is 11.5. The quantitative estimate of drug-likeness (QED) is 0.851. The number of nitrogens with two attached hydrogens (primary N) is 1. The van der Waals surface area contributed by atoms with Gasteiger partial charge >= 0.3 is 0 Å². The van der Waals surface area contributed by atoms with Crippen LogP contribution in [0.15, 0.2) is 42.5 Å². The average Bonchev–Trinajstić information content (AvgIpc) is 2.69. The number of anilines is 3. The number of hydrogen-bond acceptors (Lipinski definition) is 4. The SMILES string of the molecule is COc1cc(N)cc(N2CCCOc3ccccc32)c1. The first kappa shape index (κ1) is 12.7. The molecule has 3 rings (SSSR count). The van der Waals surface area contributed by atoms with E-state index in [0.29, 0.717) is 5.69 Å². The first-order valence-electron chi connectivity index (χ1n) is 6.72. The normalized spacial score (nSPS) is 14.2. The van der Waals surface area contributed by atoms with Crippen molar-refractivity contribution >= 4 is 17.1 Å². The third-order valence-corrected chi connectivity index (χ3v) is 3.40. The molecule has 0 atom stereocenters. The van der Waals surface area contributed by atoms with E-state index in [0.717, 1.165) is 42.4 Å². The second-order valence-corrected chi connectivity index (χ2v) is 4.79. The van der Waals surface area contributed by atoms with Crippen LogP contribution in [0.3, 0.4) is 0 Å². The lowest BCUT2D eigenvalue weighted by Gasteiger charge is -2.24. The van der Waals surface area contributed by atoms with Crippen molar-refractivity contribution in [3.63, 3.8) is 0 Å².